The van der Waals surface area contributed by atoms with E-state index in [1.807, 2.05) is 23.1 Å². The number of aromatic hydroxyl groups is 1. The Labute approximate surface area is 184 Å². The van der Waals surface area contributed by atoms with E-state index in [9.17, 15) is 15.2 Å². The molecule has 0 unspecified atom stereocenters. The number of fused-ring (bicyclic) bond motifs is 1. The van der Waals surface area contributed by atoms with Gasteiger partial charge in [0, 0.05) is 55.8 Å². The first-order valence-corrected chi connectivity index (χ1v) is 10.3. The molecule has 5 rings (SSSR count). The number of nitriles is 1. The van der Waals surface area contributed by atoms with Gasteiger partial charge in [0.05, 0.1) is 22.7 Å². The third-order valence-corrected chi connectivity index (χ3v) is 5.71. The van der Waals surface area contributed by atoms with Crippen LogP contribution < -0.4 is 4.90 Å². The lowest BCUT2D eigenvalue weighted by molar-refractivity contribution is 0.0748. The van der Waals surface area contributed by atoms with E-state index in [1.54, 1.807) is 53.5 Å². The number of phenols is 1. The molecule has 0 aliphatic carbocycles. The summed E-state index contributed by atoms with van der Waals surface area (Å²) in [4.78, 5) is 26.1. The van der Waals surface area contributed by atoms with Crippen molar-refractivity contribution in [1.29, 1.82) is 5.26 Å². The number of aromatic nitrogens is 3. The van der Waals surface area contributed by atoms with Gasteiger partial charge in [0.2, 0.25) is 5.95 Å². The van der Waals surface area contributed by atoms with Gasteiger partial charge in [0.25, 0.3) is 5.91 Å². The van der Waals surface area contributed by atoms with Crippen molar-refractivity contribution in [3.63, 3.8) is 0 Å². The van der Waals surface area contributed by atoms with Crippen LogP contribution in [0.15, 0.2) is 67.1 Å². The maximum atomic E-state index is 13.5. The number of carbonyl (C=O) groups is 1. The fourth-order valence-corrected chi connectivity index (χ4v) is 4.05. The van der Waals surface area contributed by atoms with E-state index in [2.05, 4.69) is 20.9 Å². The molecule has 1 fully saturated rings. The Hall–Kier alpha value is -4.38. The van der Waals surface area contributed by atoms with Crippen LogP contribution in [0.3, 0.4) is 0 Å². The average Bonchev–Trinajstić information content (AvgIpc) is 3.23. The number of nitrogens with zero attached hydrogens (tertiary/aromatic N) is 6. The van der Waals surface area contributed by atoms with Crippen LogP contribution in [0, 0.1) is 11.3 Å². The van der Waals surface area contributed by atoms with Crippen LogP contribution in [0.5, 0.6) is 5.75 Å². The second-order valence-corrected chi connectivity index (χ2v) is 7.60. The second-order valence-electron chi connectivity index (χ2n) is 7.60. The molecule has 1 amide bonds. The van der Waals surface area contributed by atoms with Crippen molar-refractivity contribution in [2.45, 2.75) is 0 Å². The molecule has 0 radical (unpaired) electrons. The maximum Gasteiger partial charge on any atom is 0.256 e. The topological polar surface area (TPSA) is 98.3 Å². The highest BCUT2D eigenvalue weighted by Gasteiger charge is 2.26. The number of rotatable bonds is 3. The van der Waals surface area contributed by atoms with Crippen molar-refractivity contribution < 1.29 is 9.90 Å². The summed E-state index contributed by atoms with van der Waals surface area (Å²) in [5.41, 5.74) is 2.82. The zero-order valence-corrected chi connectivity index (χ0v) is 17.2. The number of amides is 1. The van der Waals surface area contributed by atoms with Gasteiger partial charge in [-0.05, 0) is 42.5 Å². The first kappa shape index (κ1) is 19.6. The fourth-order valence-electron chi connectivity index (χ4n) is 4.05. The van der Waals surface area contributed by atoms with Crippen molar-refractivity contribution in [2.24, 2.45) is 0 Å². The van der Waals surface area contributed by atoms with E-state index in [0.29, 0.717) is 43.3 Å². The number of phenolic OH excluding ortho intramolecular Hbond substituents is 1. The van der Waals surface area contributed by atoms with Gasteiger partial charge in [-0.25, -0.2) is 9.97 Å². The van der Waals surface area contributed by atoms with Gasteiger partial charge in [-0.3, -0.25) is 9.36 Å². The van der Waals surface area contributed by atoms with Crippen LogP contribution in [-0.2, 0) is 0 Å². The quantitative estimate of drug-likeness (QED) is 0.543. The van der Waals surface area contributed by atoms with Gasteiger partial charge in [0.1, 0.15) is 5.75 Å². The van der Waals surface area contributed by atoms with Crippen molar-refractivity contribution in [3.8, 4) is 17.8 Å². The fraction of sp³-hybridized carbons (Fsp3) is 0.167. The predicted molar refractivity (Wildman–Crippen MR) is 120 cm³/mol. The Morgan fingerprint density at radius 1 is 1.00 bits per heavy atom. The van der Waals surface area contributed by atoms with Crippen LogP contribution in [-0.4, -0.2) is 56.6 Å². The van der Waals surface area contributed by atoms with Crippen LogP contribution in [0.1, 0.15) is 15.9 Å². The summed E-state index contributed by atoms with van der Waals surface area (Å²) < 4.78 is 1.76. The lowest BCUT2D eigenvalue weighted by Gasteiger charge is -2.36. The van der Waals surface area contributed by atoms with Crippen LogP contribution in [0.4, 0.5) is 5.69 Å². The van der Waals surface area contributed by atoms with E-state index in [1.165, 1.54) is 0 Å². The minimum Gasteiger partial charge on any atom is -0.508 e. The zero-order chi connectivity index (χ0) is 22.1. The van der Waals surface area contributed by atoms with Crippen LogP contribution >= 0.6 is 0 Å². The molecule has 1 saturated heterocycles. The summed E-state index contributed by atoms with van der Waals surface area (Å²) in [6.45, 7) is 2.58. The summed E-state index contributed by atoms with van der Waals surface area (Å²) in [7, 11) is 0. The summed E-state index contributed by atoms with van der Waals surface area (Å²) in [6.07, 6.45) is 5.05. The minimum atomic E-state index is -0.0558. The largest absolute Gasteiger partial charge is 0.508 e. The number of carbonyl (C=O) groups excluding carboxylic acids is 1. The molecule has 8 heteroatoms. The van der Waals surface area contributed by atoms with E-state index < -0.39 is 0 Å². The molecule has 0 bridgehead atoms. The predicted octanol–water partition coefficient (Wildman–Crippen LogP) is 2.96. The summed E-state index contributed by atoms with van der Waals surface area (Å²) in [5, 5.41) is 19.6. The minimum absolute atomic E-state index is 0.0558. The maximum absolute atomic E-state index is 13.5. The van der Waals surface area contributed by atoms with Crippen molar-refractivity contribution in [3.05, 3.63) is 78.2 Å². The summed E-state index contributed by atoms with van der Waals surface area (Å²) >= 11 is 0. The van der Waals surface area contributed by atoms with Gasteiger partial charge < -0.3 is 14.9 Å². The average molecular weight is 424 g/mol. The highest BCUT2D eigenvalue weighted by molar-refractivity contribution is 6.07. The number of anilines is 1. The molecular formula is C24H20N6O2. The molecule has 0 atom stereocenters. The molecule has 32 heavy (non-hydrogen) atoms. The lowest BCUT2D eigenvalue weighted by Crippen LogP contribution is -2.48. The van der Waals surface area contributed by atoms with Gasteiger partial charge in [-0.1, -0.05) is 6.07 Å². The molecule has 1 aliphatic rings. The third kappa shape index (κ3) is 3.50. The molecule has 1 N–H and O–H groups in total. The van der Waals surface area contributed by atoms with Crippen molar-refractivity contribution in [1.82, 2.24) is 19.4 Å². The Kier molecular flexibility index (Phi) is 4.92. The Bertz CT molecular complexity index is 1320. The molecule has 8 nitrogen and oxygen atoms in total. The molecule has 2 aromatic heterocycles. The van der Waals surface area contributed by atoms with Gasteiger partial charge >= 0.3 is 0 Å². The van der Waals surface area contributed by atoms with Gasteiger partial charge in [-0.15, -0.1) is 0 Å². The SMILES string of the molecule is N#Cc1ccc2c(C(=O)N3CCN(c4ccc(O)cc4)CC3)cn(-c3ncccn3)c2c1. The van der Waals surface area contributed by atoms with E-state index in [-0.39, 0.29) is 11.7 Å². The van der Waals surface area contributed by atoms with E-state index in [4.69, 9.17) is 0 Å². The number of benzene rings is 2. The highest BCUT2D eigenvalue weighted by Crippen LogP contribution is 2.27. The second kappa shape index (κ2) is 8.04. The molecule has 0 saturated carbocycles. The number of hydrogen-bond donors (Lipinski definition) is 1. The molecule has 3 heterocycles. The van der Waals surface area contributed by atoms with Crippen molar-refractivity contribution in [2.75, 3.05) is 31.1 Å². The van der Waals surface area contributed by atoms with Gasteiger partial charge in [-0.2, -0.15) is 5.26 Å². The molecular weight excluding hydrogens is 404 g/mol. The lowest BCUT2D eigenvalue weighted by atomic mass is 10.1. The molecule has 1 aliphatic heterocycles. The summed E-state index contributed by atoms with van der Waals surface area (Å²) in [5.74, 6) is 0.629. The zero-order valence-electron chi connectivity index (χ0n) is 17.2. The molecule has 158 valence electrons. The van der Waals surface area contributed by atoms with E-state index in [0.717, 1.165) is 16.6 Å². The van der Waals surface area contributed by atoms with Gasteiger partial charge in [0.15, 0.2) is 0 Å². The standard InChI is InChI=1S/C24H20N6O2/c25-15-17-2-7-20-21(16-30(22(20)14-17)24-26-8-1-9-27-24)23(32)29-12-10-28(11-13-29)18-3-5-19(31)6-4-18/h1-9,14,16,31H,10-13H2. The molecule has 0 spiro atoms. The normalized spacial score (nSPS) is 13.8. The molecule has 4 aromatic rings. The van der Waals surface area contributed by atoms with Crippen LogP contribution in [0.25, 0.3) is 16.9 Å². The first-order chi connectivity index (χ1) is 15.6. The molecule has 2 aromatic carbocycles. The first-order valence-electron chi connectivity index (χ1n) is 10.3. The van der Waals surface area contributed by atoms with E-state index >= 15 is 0 Å². The monoisotopic (exact) mass is 424 g/mol. The number of piperazine rings is 1. The van der Waals surface area contributed by atoms with Crippen molar-refractivity contribution >= 4 is 22.5 Å². The number of hydrogen-bond acceptors (Lipinski definition) is 6. The highest BCUT2D eigenvalue weighted by atomic mass is 16.3. The Morgan fingerprint density at radius 3 is 2.41 bits per heavy atom. The summed E-state index contributed by atoms with van der Waals surface area (Å²) in [6, 6.07) is 16.3. The smallest absolute Gasteiger partial charge is 0.256 e. The Balaban J connectivity index is 1.44. The van der Waals surface area contributed by atoms with Crippen LogP contribution in [0.2, 0.25) is 0 Å². The Morgan fingerprint density at radius 2 is 1.72 bits per heavy atom. The third-order valence-electron chi connectivity index (χ3n) is 5.71.